The SMILES string of the molecule is Cc1cc(N=Nc2cc([N+](=O)[O-])cc([N+](=O)[O-])c2)ccc1O. The van der Waals surface area contributed by atoms with Gasteiger partial charge < -0.3 is 5.11 Å². The zero-order chi connectivity index (χ0) is 16.3. The van der Waals surface area contributed by atoms with Gasteiger partial charge in [-0.2, -0.15) is 10.2 Å². The third-order valence-electron chi connectivity index (χ3n) is 2.77. The number of aryl methyl sites for hydroxylation is 1. The van der Waals surface area contributed by atoms with E-state index in [-0.39, 0.29) is 11.4 Å². The Morgan fingerprint density at radius 1 is 0.909 bits per heavy atom. The minimum Gasteiger partial charge on any atom is -0.508 e. The molecule has 2 aromatic carbocycles. The van der Waals surface area contributed by atoms with E-state index in [2.05, 4.69) is 10.2 Å². The summed E-state index contributed by atoms with van der Waals surface area (Å²) in [7, 11) is 0. The summed E-state index contributed by atoms with van der Waals surface area (Å²) in [6, 6.07) is 7.51. The van der Waals surface area contributed by atoms with Crippen LogP contribution in [0, 0.1) is 27.2 Å². The molecule has 1 N–H and O–H groups in total. The summed E-state index contributed by atoms with van der Waals surface area (Å²) in [4.78, 5) is 20.1. The number of azo groups is 1. The van der Waals surface area contributed by atoms with Crippen LogP contribution in [0.3, 0.4) is 0 Å². The predicted octanol–water partition coefficient (Wildman–Crippen LogP) is 3.93. The Balaban J connectivity index is 2.39. The Morgan fingerprint density at radius 3 is 1.95 bits per heavy atom. The first-order valence-electron chi connectivity index (χ1n) is 6.02. The zero-order valence-electron chi connectivity index (χ0n) is 11.3. The standard InChI is InChI=1S/C13H10N4O5/c1-8-4-9(2-3-13(8)18)14-15-10-5-11(16(19)20)7-12(6-10)17(21)22/h2-7,18H,1H3. The van der Waals surface area contributed by atoms with Gasteiger partial charge in [-0.3, -0.25) is 20.2 Å². The number of phenols is 1. The van der Waals surface area contributed by atoms with Crippen molar-refractivity contribution in [2.45, 2.75) is 6.92 Å². The maximum atomic E-state index is 10.8. The Hall–Kier alpha value is -3.36. The van der Waals surface area contributed by atoms with E-state index in [1.807, 2.05) is 0 Å². The second-order valence-electron chi connectivity index (χ2n) is 4.39. The highest BCUT2D eigenvalue weighted by atomic mass is 16.6. The molecule has 2 rings (SSSR count). The predicted molar refractivity (Wildman–Crippen MR) is 76.8 cm³/mol. The number of nitro benzene ring substituents is 2. The Labute approximate surface area is 123 Å². The normalized spacial score (nSPS) is 10.8. The smallest absolute Gasteiger partial charge is 0.278 e. The van der Waals surface area contributed by atoms with Crippen LogP contribution in [0.15, 0.2) is 46.6 Å². The molecule has 0 aromatic heterocycles. The third kappa shape index (κ3) is 3.39. The van der Waals surface area contributed by atoms with Crippen LogP contribution < -0.4 is 0 Å². The Morgan fingerprint density at radius 2 is 1.45 bits per heavy atom. The number of phenolic OH excluding ortho intramolecular Hbond substituents is 1. The van der Waals surface area contributed by atoms with Crippen LogP contribution in [0.25, 0.3) is 0 Å². The van der Waals surface area contributed by atoms with Gasteiger partial charge in [0, 0.05) is 12.1 Å². The van der Waals surface area contributed by atoms with Gasteiger partial charge in [-0.25, -0.2) is 0 Å². The van der Waals surface area contributed by atoms with Crippen molar-refractivity contribution in [3.8, 4) is 5.75 Å². The summed E-state index contributed by atoms with van der Waals surface area (Å²) in [6.07, 6.45) is 0. The number of aromatic hydroxyl groups is 1. The van der Waals surface area contributed by atoms with Gasteiger partial charge in [-0.15, -0.1) is 0 Å². The van der Waals surface area contributed by atoms with Crippen molar-refractivity contribution < 1.29 is 15.0 Å². The molecule has 0 aliphatic carbocycles. The molecule has 2 aromatic rings. The highest BCUT2D eigenvalue weighted by Gasteiger charge is 2.16. The maximum absolute atomic E-state index is 10.8. The molecule has 0 unspecified atom stereocenters. The lowest BCUT2D eigenvalue weighted by molar-refractivity contribution is -0.394. The summed E-state index contributed by atoms with van der Waals surface area (Å²) in [5.74, 6) is 0.102. The first-order chi connectivity index (χ1) is 10.4. The molecule has 0 fully saturated rings. The minimum atomic E-state index is -0.739. The molecule has 22 heavy (non-hydrogen) atoms. The Bertz CT molecular complexity index is 756. The lowest BCUT2D eigenvalue weighted by Crippen LogP contribution is -1.92. The van der Waals surface area contributed by atoms with E-state index in [1.165, 1.54) is 12.1 Å². The van der Waals surface area contributed by atoms with Gasteiger partial charge in [0.05, 0.1) is 27.3 Å². The van der Waals surface area contributed by atoms with E-state index < -0.39 is 21.2 Å². The Kier molecular flexibility index (Phi) is 4.07. The number of hydrogen-bond acceptors (Lipinski definition) is 7. The van der Waals surface area contributed by atoms with Crippen LogP contribution in [0.1, 0.15) is 5.56 Å². The highest BCUT2D eigenvalue weighted by Crippen LogP contribution is 2.29. The summed E-state index contributed by atoms with van der Waals surface area (Å²) in [5.41, 5.74) is 0.104. The third-order valence-corrected chi connectivity index (χ3v) is 2.77. The topological polar surface area (TPSA) is 131 Å². The van der Waals surface area contributed by atoms with Gasteiger partial charge in [0.2, 0.25) is 0 Å². The number of non-ortho nitro benzene ring substituents is 2. The van der Waals surface area contributed by atoms with Crippen molar-refractivity contribution in [3.63, 3.8) is 0 Å². The molecule has 0 saturated heterocycles. The summed E-state index contributed by atoms with van der Waals surface area (Å²) < 4.78 is 0. The van der Waals surface area contributed by atoms with Crippen LogP contribution in [0.4, 0.5) is 22.7 Å². The van der Waals surface area contributed by atoms with E-state index in [4.69, 9.17) is 0 Å². The monoisotopic (exact) mass is 302 g/mol. The van der Waals surface area contributed by atoms with Crippen LogP contribution in [-0.4, -0.2) is 15.0 Å². The van der Waals surface area contributed by atoms with Crippen molar-refractivity contribution in [1.82, 2.24) is 0 Å². The van der Waals surface area contributed by atoms with Crippen LogP contribution >= 0.6 is 0 Å². The van der Waals surface area contributed by atoms with E-state index >= 15 is 0 Å². The quantitative estimate of drug-likeness (QED) is 0.519. The molecule has 0 aliphatic rings. The molecule has 9 nitrogen and oxygen atoms in total. The van der Waals surface area contributed by atoms with Crippen molar-refractivity contribution >= 4 is 22.7 Å². The van der Waals surface area contributed by atoms with Crippen molar-refractivity contribution in [2.75, 3.05) is 0 Å². The van der Waals surface area contributed by atoms with Gasteiger partial charge in [0.25, 0.3) is 11.4 Å². The molecular formula is C13H10N4O5. The van der Waals surface area contributed by atoms with E-state index in [1.54, 1.807) is 13.0 Å². The van der Waals surface area contributed by atoms with E-state index in [0.29, 0.717) is 11.3 Å². The molecule has 9 heteroatoms. The van der Waals surface area contributed by atoms with Gasteiger partial charge in [-0.1, -0.05) is 0 Å². The van der Waals surface area contributed by atoms with Crippen molar-refractivity contribution in [2.24, 2.45) is 10.2 Å². The average molecular weight is 302 g/mol. The van der Waals surface area contributed by atoms with Crippen LogP contribution in [-0.2, 0) is 0 Å². The van der Waals surface area contributed by atoms with Gasteiger partial charge in [-0.05, 0) is 30.7 Å². The number of rotatable bonds is 4. The summed E-state index contributed by atoms with van der Waals surface area (Å²) >= 11 is 0. The average Bonchev–Trinajstić information content (AvgIpc) is 2.48. The summed E-state index contributed by atoms with van der Waals surface area (Å²) in [6.45, 7) is 1.67. The second-order valence-corrected chi connectivity index (χ2v) is 4.39. The van der Waals surface area contributed by atoms with E-state index in [0.717, 1.165) is 18.2 Å². The molecule has 0 saturated carbocycles. The number of nitrogens with zero attached hydrogens (tertiary/aromatic N) is 4. The minimum absolute atomic E-state index is 0.00775. The number of benzene rings is 2. The highest BCUT2D eigenvalue weighted by molar-refractivity contribution is 5.56. The van der Waals surface area contributed by atoms with Crippen LogP contribution in [0.5, 0.6) is 5.75 Å². The molecule has 0 bridgehead atoms. The first kappa shape index (κ1) is 15.0. The van der Waals surface area contributed by atoms with Crippen molar-refractivity contribution in [1.29, 1.82) is 0 Å². The second kappa shape index (κ2) is 5.95. The van der Waals surface area contributed by atoms with Crippen molar-refractivity contribution in [3.05, 3.63) is 62.2 Å². The molecule has 0 amide bonds. The molecule has 0 radical (unpaired) electrons. The lowest BCUT2D eigenvalue weighted by Gasteiger charge is -1.99. The molecule has 0 atom stereocenters. The zero-order valence-corrected chi connectivity index (χ0v) is 11.3. The fourth-order valence-corrected chi connectivity index (χ4v) is 1.67. The maximum Gasteiger partial charge on any atom is 0.278 e. The lowest BCUT2D eigenvalue weighted by atomic mass is 10.2. The fraction of sp³-hybridized carbons (Fsp3) is 0.0769. The van der Waals surface area contributed by atoms with Gasteiger partial charge in [0.1, 0.15) is 5.75 Å². The molecule has 0 spiro atoms. The number of nitro groups is 2. The largest absolute Gasteiger partial charge is 0.508 e. The van der Waals surface area contributed by atoms with Crippen LogP contribution in [0.2, 0.25) is 0 Å². The molecule has 0 heterocycles. The molecular weight excluding hydrogens is 292 g/mol. The van der Waals surface area contributed by atoms with Gasteiger partial charge >= 0.3 is 0 Å². The van der Waals surface area contributed by atoms with Gasteiger partial charge in [0.15, 0.2) is 0 Å². The fourth-order valence-electron chi connectivity index (χ4n) is 1.67. The van der Waals surface area contributed by atoms with E-state index in [9.17, 15) is 25.3 Å². The molecule has 112 valence electrons. The summed E-state index contributed by atoms with van der Waals surface area (Å²) in [5, 5.41) is 38.6. The molecule has 0 aliphatic heterocycles. The first-order valence-corrected chi connectivity index (χ1v) is 6.02. The number of hydrogen-bond donors (Lipinski definition) is 1.